The van der Waals surface area contributed by atoms with Crippen LogP contribution in [0.1, 0.15) is 11.1 Å². The van der Waals surface area contributed by atoms with Crippen LogP contribution in [0.25, 0.3) is 32.6 Å². The quantitative estimate of drug-likeness (QED) is 0.486. The Labute approximate surface area is 111 Å². The number of hydrogen-bond acceptors (Lipinski definition) is 1. The first-order valence-electron chi connectivity index (χ1n) is 6.49. The maximum atomic E-state index is 4.23. The summed E-state index contributed by atoms with van der Waals surface area (Å²) < 4.78 is 0. The van der Waals surface area contributed by atoms with Gasteiger partial charge in [-0.05, 0) is 49.1 Å². The van der Waals surface area contributed by atoms with Crippen molar-refractivity contribution >= 4 is 32.6 Å². The number of benzene rings is 2. The van der Waals surface area contributed by atoms with Crippen molar-refractivity contribution in [2.75, 3.05) is 0 Å². The third kappa shape index (κ3) is 1.40. The summed E-state index contributed by atoms with van der Waals surface area (Å²) in [5.74, 6) is 0. The highest BCUT2D eigenvalue weighted by atomic mass is 14.7. The van der Waals surface area contributed by atoms with E-state index >= 15 is 0 Å². The lowest BCUT2D eigenvalue weighted by atomic mass is 10.0. The van der Waals surface area contributed by atoms with E-state index in [4.69, 9.17) is 0 Å². The lowest BCUT2D eigenvalue weighted by molar-refractivity contribution is 1.36. The highest BCUT2D eigenvalue weighted by Gasteiger charge is 2.09. The van der Waals surface area contributed by atoms with E-state index in [2.05, 4.69) is 54.1 Å². The molecule has 0 fully saturated rings. The van der Waals surface area contributed by atoms with Crippen LogP contribution in [0.5, 0.6) is 0 Å². The third-order valence-electron chi connectivity index (χ3n) is 3.92. The number of nitrogens with one attached hydrogen (secondary N) is 1. The summed E-state index contributed by atoms with van der Waals surface area (Å²) in [5, 5.41) is 5.06. The number of aromatic nitrogens is 2. The molecule has 2 heteroatoms. The first-order valence-corrected chi connectivity index (χ1v) is 6.49. The predicted octanol–water partition coefficient (Wildman–Crippen LogP) is 4.49. The first-order chi connectivity index (χ1) is 9.24. The summed E-state index contributed by atoms with van der Waals surface area (Å²) in [6, 6.07) is 10.9. The molecular weight excluding hydrogens is 232 g/mol. The topological polar surface area (TPSA) is 28.7 Å². The van der Waals surface area contributed by atoms with Gasteiger partial charge in [-0.25, -0.2) is 0 Å². The normalized spacial score (nSPS) is 11.7. The molecule has 2 nitrogen and oxygen atoms in total. The van der Waals surface area contributed by atoms with Crippen LogP contribution >= 0.6 is 0 Å². The minimum atomic E-state index is 1.20. The van der Waals surface area contributed by atoms with Crippen LogP contribution in [0, 0.1) is 13.8 Å². The molecule has 0 saturated carbocycles. The van der Waals surface area contributed by atoms with Crippen molar-refractivity contribution in [2.24, 2.45) is 0 Å². The van der Waals surface area contributed by atoms with E-state index in [1.807, 2.05) is 12.4 Å². The van der Waals surface area contributed by atoms with Crippen molar-refractivity contribution in [1.29, 1.82) is 0 Å². The zero-order chi connectivity index (χ0) is 13.0. The molecule has 0 aliphatic heterocycles. The van der Waals surface area contributed by atoms with Crippen molar-refractivity contribution in [3.63, 3.8) is 0 Å². The molecule has 2 aromatic carbocycles. The maximum absolute atomic E-state index is 4.23. The van der Waals surface area contributed by atoms with E-state index in [1.165, 1.54) is 43.7 Å². The van der Waals surface area contributed by atoms with Crippen molar-refractivity contribution in [3.8, 4) is 0 Å². The SMILES string of the molecule is Cc1ccc2[nH]c3c(C)c4ccncc4cc3c2c1. The fourth-order valence-corrected chi connectivity index (χ4v) is 2.93. The number of aromatic amines is 1. The molecule has 0 atom stereocenters. The van der Waals surface area contributed by atoms with Gasteiger partial charge in [0.2, 0.25) is 0 Å². The summed E-state index contributed by atoms with van der Waals surface area (Å²) >= 11 is 0. The Kier molecular flexibility index (Phi) is 1.99. The molecule has 0 spiro atoms. The number of rotatable bonds is 0. The van der Waals surface area contributed by atoms with Gasteiger partial charge >= 0.3 is 0 Å². The molecule has 0 saturated heterocycles. The number of H-pyrrole nitrogens is 1. The summed E-state index contributed by atoms with van der Waals surface area (Å²) in [4.78, 5) is 7.78. The minimum absolute atomic E-state index is 1.20. The lowest BCUT2D eigenvalue weighted by Gasteiger charge is -2.03. The van der Waals surface area contributed by atoms with Crippen molar-refractivity contribution in [2.45, 2.75) is 13.8 Å². The van der Waals surface area contributed by atoms with Gasteiger partial charge in [-0.2, -0.15) is 0 Å². The Morgan fingerprint density at radius 2 is 1.84 bits per heavy atom. The molecule has 1 N–H and O–H groups in total. The van der Waals surface area contributed by atoms with Crippen LogP contribution in [-0.4, -0.2) is 9.97 Å². The summed E-state index contributed by atoms with van der Waals surface area (Å²) in [6.45, 7) is 4.31. The first kappa shape index (κ1) is 10.6. The van der Waals surface area contributed by atoms with Gasteiger partial charge in [0.05, 0.1) is 5.52 Å². The molecule has 0 aliphatic rings. The Morgan fingerprint density at radius 3 is 2.74 bits per heavy atom. The number of fused-ring (bicyclic) bond motifs is 4. The molecule has 4 rings (SSSR count). The molecule has 0 amide bonds. The molecule has 0 radical (unpaired) electrons. The number of nitrogens with zero attached hydrogens (tertiary/aromatic N) is 1. The highest BCUT2D eigenvalue weighted by Crippen LogP contribution is 2.32. The summed E-state index contributed by atoms with van der Waals surface area (Å²) in [5.41, 5.74) is 5.02. The van der Waals surface area contributed by atoms with Gasteiger partial charge < -0.3 is 4.98 Å². The molecule has 0 unspecified atom stereocenters. The van der Waals surface area contributed by atoms with Gasteiger partial charge in [0.15, 0.2) is 0 Å². The summed E-state index contributed by atoms with van der Waals surface area (Å²) in [6.07, 6.45) is 3.80. The molecule has 19 heavy (non-hydrogen) atoms. The van der Waals surface area contributed by atoms with Crippen molar-refractivity contribution in [1.82, 2.24) is 9.97 Å². The predicted molar refractivity (Wildman–Crippen MR) is 80.6 cm³/mol. The van der Waals surface area contributed by atoms with E-state index in [9.17, 15) is 0 Å². The Morgan fingerprint density at radius 1 is 0.947 bits per heavy atom. The van der Waals surface area contributed by atoms with Gasteiger partial charge in [-0.15, -0.1) is 0 Å². The van der Waals surface area contributed by atoms with Gasteiger partial charge in [0, 0.05) is 34.1 Å². The minimum Gasteiger partial charge on any atom is -0.354 e. The summed E-state index contributed by atoms with van der Waals surface area (Å²) in [7, 11) is 0. The fraction of sp³-hybridized carbons (Fsp3) is 0.118. The maximum Gasteiger partial charge on any atom is 0.0501 e. The van der Waals surface area contributed by atoms with Gasteiger partial charge in [-0.3, -0.25) is 4.98 Å². The molecule has 2 aromatic heterocycles. The average Bonchev–Trinajstić information content (AvgIpc) is 2.78. The molecule has 92 valence electrons. The van der Waals surface area contributed by atoms with Gasteiger partial charge in [-0.1, -0.05) is 11.6 Å². The Balaban J connectivity index is 2.30. The van der Waals surface area contributed by atoms with E-state index < -0.39 is 0 Å². The zero-order valence-electron chi connectivity index (χ0n) is 11.0. The average molecular weight is 246 g/mol. The van der Waals surface area contributed by atoms with Crippen molar-refractivity contribution < 1.29 is 0 Å². The monoisotopic (exact) mass is 246 g/mol. The van der Waals surface area contributed by atoms with E-state index in [0.29, 0.717) is 0 Å². The van der Waals surface area contributed by atoms with E-state index in [1.54, 1.807) is 0 Å². The Hall–Kier alpha value is -2.35. The lowest BCUT2D eigenvalue weighted by Crippen LogP contribution is -1.82. The van der Waals surface area contributed by atoms with Gasteiger partial charge in [0.1, 0.15) is 0 Å². The molecule has 2 heterocycles. The zero-order valence-corrected chi connectivity index (χ0v) is 11.0. The van der Waals surface area contributed by atoms with E-state index in [0.717, 1.165) is 0 Å². The second-order valence-corrected chi connectivity index (χ2v) is 5.19. The third-order valence-corrected chi connectivity index (χ3v) is 3.92. The van der Waals surface area contributed by atoms with Crippen LogP contribution in [0.3, 0.4) is 0 Å². The standard InChI is InChI=1S/C17H14N2/c1-10-3-4-16-14(7-10)15-8-12-9-18-6-5-13(12)11(2)17(15)19-16/h3-9,19H,1-2H3. The second-order valence-electron chi connectivity index (χ2n) is 5.19. The van der Waals surface area contributed by atoms with Crippen molar-refractivity contribution in [3.05, 3.63) is 53.9 Å². The van der Waals surface area contributed by atoms with Crippen LogP contribution in [0.4, 0.5) is 0 Å². The van der Waals surface area contributed by atoms with Crippen LogP contribution in [0.2, 0.25) is 0 Å². The highest BCUT2D eigenvalue weighted by molar-refractivity contribution is 6.13. The van der Waals surface area contributed by atoms with Crippen LogP contribution < -0.4 is 0 Å². The number of aryl methyl sites for hydroxylation is 2. The van der Waals surface area contributed by atoms with E-state index in [-0.39, 0.29) is 0 Å². The molecule has 0 aliphatic carbocycles. The van der Waals surface area contributed by atoms with Crippen LogP contribution in [0.15, 0.2) is 42.7 Å². The molecule has 0 bridgehead atoms. The number of hydrogen-bond donors (Lipinski definition) is 1. The Bertz CT molecular complexity index is 932. The molecule has 4 aromatic rings. The second kappa shape index (κ2) is 3.58. The smallest absolute Gasteiger partial charge is 0.0501 e. The largest absolute Gasteiger partial charge is 0.354 e. The van der Waals surface area contributed by atoms with Gasteiger partial charge in [0.25, 0.3) is 0 Å². The number of pyridine rings is 1. The fourth-order valence-electron chi connectivity index (χ4n) is 2.93. The van der Waals surface area contributed by atoms with Crippen LogP contribution in [-0.2, 0) is 0 Å². The molecular formula is C17H14N2.